The Labute approximate surface area is 184 Å². The van der Waals surface area contributed by atoms with Gasteiger partial charge in [-0.25, -0.2) is 4.98 Å². The van der Waals surface area contributed by atoms with Crippen LogP contribution in [0.3, 0.4) is 0 Å². The summed E-state index contributed by atoms with van der Waals surface area (Å²) in [6, 6.07) is 18.9. The molecule has 1 saturated heterocycles. The summed E-state index contributed by atoms with van der Waals surface area (Å²) < 4.78 is 5.12. The van der Waals surface area contributed by atoms with Gasteiger partial charge in [0.15, 0.2) is 0 Å². The molecule has 0 saturated carbocycles. The summed E-state index contributed by atoms with van der Waals surface area (Å²) in [5.41, 5.74) is 3.18. The number of pyridine rings is 1. The lowest BCUT2D eigenvalue weighted by Crippen LogP contribution is -2.46. The molecule has 1 aromatic heterocycles. The van der Waals surface area contributed by atoms with E-state index in [2.05, 4.69) is 59.2 Å². The van der Waals surface area contributed by atoms with Crippen molar-refractivity contribution < 1.29 is 9.53 Å². The summed E-state index contributed by atoms with van der Waals surface area (Å²) in [6.45, 7) is 9.67. The molecule has 0 radical (unpaired) electrons. The molecule has 2 aromatic carbocycles. The van der Waals surface area contributed by atoms with E-state index < -0.39 is 0 Å². The zero-order chi connectivity index (χ0) is 21.6. The van der Waals surface area contributed by atoms with Gasteiger partial charge in [0.25, 0.3) is 0 Å². The number of piperazine rings is 1. The van der Waals surface area contributed by atoms with Gasteiger partial charge < -0.3 is 14.5 Å². The number of nitrogens with zero attached hydrogens (tertiary/aromatic N) is 3. The van der Waals surface area contributed by atoms with Crippen molar-refractivity contribution in [3.63, 3.8) is 0 Å². The van der Waals surface area contributed by atoms with Gasteiger partial charge in [-0.05, 0) is 36.9 Å². The van der Waals surface area contributed by atoms with E-state index in [0.29, 0.717) is 19.4 Å². The van der Waals surface area contributed by atoms with E-state index in [4.69, 9.17) is 9.72 Å². The number of aromatic nitrogens is 1. The number of hydrogen-bond donors (Lipinski definition) is 0. The van der Waals surface area contributed by atoms with Crippen LogP contribution in [0.1, 0.15) is 25.8 Å². The van der Waals surface area contributed by atoms with Crippen LogP contribution in [0, 0.1) is 0 Å². The first kappa shape index (κ1) is 21.3. The van der Waals surface area contributed by atoms with Gasteiger partial charge in [0, 0.05) is 43.5 Å². The minimum atomic E-state index is -0.154. The molecule has 1 aliphatic heterocycles. The Bertz CT molecular complexity index is 1040. The van der Waals surface area contributed by atoms with Gasteiger partial charge in [0.1, 0.15) is 5.82 Å². The maximum atomic E-state index is 11.9. The van der Waals surface area contributed by atoms with Gasteiger partial charge in [0.05, 0.1) is 12.3 Å². The molecule has 0 bridgehead atoms. The van der Waals surface area contributed by atoms with Gasteiger partial charge >= 0.3 is 5.97 Å². The Morgan fingerprint density at radius 2 is 1.74 bits per heavy atom. The first-order valence-corrected chi connectivity index (χ1v) is 11.3. The van der Waals surface area contributed by atoms with E-state index in [1.165, 1.54) is 10.8 Å². The van der Waals surface area contributed by atoms with Crippen LogP contribution in [0.25, 0.3) is 22.0 Å². The fourth-order valence-corrected chi connectivity index (χ4v) is 4.29. The molecule has 1 aliphatic rings. The van der Waals surface area contributed by atoms with Crippen LogP contribution < -0.4 is 4.90 Å². The van der Waals surface area contributed by atoms with Crippen LogP contribution in [0.4, 0.5) is 5.82 Å². The van der Waals surface area contributed by atoms with Crippen LogP contribution in [0.5, 0.6) is 0 Å². The number of benzene rings is 2. The quantitative estimate of drug-likeness (QED) is 0.528. The standard InChI is InChI=1S/C26H31N3O2/c1-3-28-15-17-29(18-16-28)26-23-12-8-6-10-21(23)19-24(27-26)22-11-7-5-9-20(22)13-14-25(30)31-4-2/h5-12,19H,3-4,13-18H2,1-2H3. The zero-order valence-electron chi connectivity index (χ0n) is 18.5. The van der Waals surface area contributed by atoms with Crippen molar-refractivity contribution in [1.82, 2.24) is 9.88 Å². The number of hydrogen-bond acceptors (Lipinski definition) is 5. The highest BCUT2D eigenvalue weighted by molar-refractivity contribution is 5.95. The molecule has 0 spiro atoms. The number of fused-ring (bicyclic) bond motifs is 1. The molecular weight excluding hydrogens is 386 g/mol. The molecule has 162 valence electrons. The van der Waals surface area contributed by atoms with Crippen LogP contribution in [-0.2, 0) is 16.0 Å². The molecule has 2 heterocycles. The SMILES string of the molecule is CCOC(=O)CCc1ccccc1-c1cc2ccccc2c(N2CCN(CC)CC2)n1. The summed E-state index contributed by atoms with van der Waals surface area (Å²) in [5, 5.41) is 2.39. The first-order valence-electron chi connectivity index (χ1n) is 11.3. The van der Waals surface area contributed by atoms with E-state index >= 15 is 0 Å². The molecule has 4 rings (SSSR count). The lowest BCUT2D eigenvalue weighted by molar-refractivity contribution is -0.143. The minimum absolute atomic E-state index is 0.154. The third kappa shape index (κ3) is 4.88. The van der Waals surface area contributed by atoms with Gasteiger partial charge in [-0.15, -0.1) is 0 Å². The molecule has 0 unspecified atom stereocenters. The number of esters is 1. The van der Waals surface area contributed by atoms with E-state index in [1.807, 2.05) is 19.1 Å². The number of ether oxygens (including phenoxy) is 1. The Kier molecular flexibility index (Phi) is 6.82. The summed E-state index contributed by atoms with van der Waals surface area (Å²) >= 11 is 0. The smallest absolute Gasteiger partial charge is 0.306 e. The van der Waals surface area contributed by atoms with Crippen LogP contribution in [0.2, 0.25) is 0 Å². The molecule has 0 amide bonds. The van der Waals surface area contributed by atoms with Gasteiger partial charge in [-0.1, -0.05) is 55.5 Å². The van der Waals surface area contributed by atoms with Crippen molar-refractivity contribution in [3.8, 4) is 11.3 Å². The summed E-state index contributed by atoms with van der Waals surface area (Å²) in [7, 11) is 0. The molecule has 5 nitrogen and oxygen atoms in total. The van der Waals surface area contributed by atoms with Crippen molar-refractivity contribution >= 4 is 22.6 Å². The molecule has 1 fully saturated rings. The number of carbonyl (C=O) groups is 1. The Morgan fingerprint density at radius 3 is 2.52 bits per heavy atom. The summed E-state index contributed by atoms with van der Waals surface area (Å²) in [6.07, 6.45) is 1.03. The van der Waals surface area contributed by atoms with Gasteiger partial charge in [-0.2, -0.15) is 0 Å². The molecular formula is C26H31N3O2. The topological polar surface area (TPSA) is 45.7 Å². The third-order valence-corrected chi connectivity index (χ3v) is 6.04. The van der Waals surface area contributed by atoms with Crippen molar-refractivity contribution in [1.29, 1.82) is 0 Å². The van der Waals surface area contributed by atoms with E-state index in [1.54, 1.807) is 0 Å². The Morgan fingerprint density at radius 1 is 1.00 bits per heavy atom. The molecule has 0 atom stereocenters. The predicted octanol–water partition coefficient (Wildman–Crippen LogP) is 4.54. The molecule has 5 heteroatoms. The van der Waals surface area contributed by atoms with E-state index in [9.17, 15) is 4.79 Å². The number of carbonyl (C=O) groups excluding carboxylic acids is 1. The normalized spacial score (nSPS) is 14.7. The third-order valence-electron chi connectivity index (χ3n) is 6.04. The first-order chi connectivity index (χ1) is 15.2. The summed E-state index contributed by atoms with van der Waals surface area (Å²) in [4.78, 5) is 22.0. The molecule has 3 aromatic rings. The lowest BCUT2D eigenvalue weighted by atomic mass is 9.98. The average Bonchev–Trinajstić information content (AvgIpc) is 2.82. The second-order valence-corrected chi connectivity index (χ2v) is 7.94. The van der Waals surface area contributed by atoms with Gasteiger partial charge in [0.2, 0.25) is 0 Å². The van der Waals surface area contributed by atoms with Crippen LogP contribution in [-0.4, -0.2) is 55.2 Å². The predicted molar refractivity (Wildman–Crippen MR) is 126 cm³/mol. The minimum Gasteiger partial charge on any atom is -0.466 e. The molecule has 0 aliphatic carbocycles. The number of likely N-dealkylation sites (N-methyl/N-ethyl adjacent to an activating group) is 1. The average molecular weight is 418 g/mol. The van der Waals surface area contributed by atoms with E-state index in [0.717, 1.165) is 55.4 Å². The van der Waals surface area contributed by atoms with E-state index in [-0.39, 0.29) is 5.97 Å². The number of rotatable bonds is 7. The maximum absolute atomic E-state index is 11.9. The fraction of sp³-hybridized carbons (Fsp3) is 0.385. The Hall–Kier alpha value is -2.92. The van der Waals surface area contributed by atoms with Gasteiger partial charge in [-0.3, -0.25) is 4.79 Å². The van der Waals surface area contributed by atoms with Crippen molar-refractivity contribution in [2.24, 2.45) is 0 Å². The van der Waals surface area contributed by atoms with Crippen LogP contribution in [0.15, 0.2) is 54.6 Å². The van der Waals surface area contributed by atoms with Crippen LogP contribution >= 0.6 is 0 Å². The fourth-order valence-electron chi connectivity index (χ4n) is 4.29. The second-order valence-electron chi connectivity index (χ2n) is 7.94. The Balaban J connectivity index is 1.70. The monoisotopic (exact) mass is 417 g/mol. The largest absolute Gasteiger partial charge is 0.466 e. The van der Waals surface area contributed by atoms with Crippen molar-refractivity contribution in [2.45, 2.75) is 26.7 Å². The molecule has 0 N–H and O–H groups in total. The number of aryl methyl sites for hydroxylation is 1. The number of anilines is 1. The highest BCUT2D eigenvalue weighted by atomic mass is 16.5. The van der Waals surface area contributed by atoms with Crippen molar-refractivity contribution in [3.05, 3.63) is 60.2 Å². The highest BCUT2D eigenvalue weighted by Crippen LogP contribution is 2.32. The summed E-state index contributed by atoms with van der Waals surface area (Å²) in [5.74, 6) is 0.905. The maximum Gasteiger partial charge on any atom is 0.306 e. The van der Waals surface area contributed by atoms with Crippen molar-refractivity contribution in [2.75, 3.05) is 44.2 Å². The molecule has 31 heavy (non-hydrogen) atoms. The highest BCUT2D eigenvalue weighted by Gasteiger charge is 2.20. The zero-order valence-corrected chi connectivity index (χ0v) is 18.5. The second kappa shape index (κ2) is 9.92. The lowest BCUT2D eigenvalue weighted by Gasteiger charge is -2.35.